The van der Waals surface area contributed by atoms with Crippen LogP contribution in [0.25, 0.3) is 0 Å². The molecule has 0 N–H and O–H groups in total. The van der Waals surface area contributed by atoms with Gasteiger partial charge in [0.05, 0.1) is 5.69 Å². The van der Waals surface area contributed by atoms with Crippen molar-refractivity contribution in [3.63, 3.8) is 0 Å². The maximum Gasteiger partial charge on any atom is 0.0641 e. The Kier molecular flexibility index (Phi) is 4.16. The van der Waals surface area contributed by atoms with Gasteiger partial charge in [-0.2, -0.15) is 0 Å². The molecule has 0 aromatic heterocycles. The van der Waals surface area contributed by atoms with Gasteiger partial charge in [-0.3, -0.25) is 4.99 Å². The zero-order chi connectivity index (χ0) is 13.8. The number of nitrogens with zero attached hydrogens (tertiary/aromatic N) is 2. The average molecular weight is 329 g/mol. The fraction of sp³-hybridized carbons (Fsp3) is 0.235. The van der Waals surface area contributed by atoms with Crippen LogP contribution in [0.1, 0.15) is 18.4 Å². The normalized spacial score (nSPS) is 15.2. The minimum atomic E-state index is 0.961. The van der Waals surface area contributed by atoms with E-state index < -0.39 is 0 Å². The molecule has 1 fully saturated rings. The SMILES string of the molecule is Brc1cccc(N=Cc2ccc(N3CCCC3)cc2)c1. The summed E-state index contributed by atoms with van der Waals surface area (Å²) >= 11 is 3.46. The highest BCUT2D eigenvalue weighted by Gasteiger charge is 2.11. The summed E-state index contributed by atoms with van der Waals surface area (Å²) in [7, 11) is 0. The molecule has 0 spiro atoms. The minimum absolute atomic E-state index is 0.961. The first-order valence-corrected chi connectivity index (χ1v) is 7.75. The zero-order valence-electron chi connectivity index (χ0n) is 11.3. The molecule has 0 aliphatic carbocycles. The van der Waals surface area contributed by atoms with E-state index in [2.05, 4.69) is 50.1 Å². The number of anilines is 1. The fourth-order valence-corrected chi connectivity index (χ4v) is 2.84. The molecular weight excluding hydrogens is 312 g/mol. The van der Waals surface area contributed by atoms with E-state index in [-0.39, 0.29) is 0 Å². The van der Waals surface area contributed by atoms with Crippen LogP contribution in [0.2, 0.25) is 0 Å². The third kappa shape index (κ3) is 3.28. The molecule has 1 heterocycles. The number of benzene rings is 2. The smallest absolute Gasteiger partial charge is 0.0641 e. The Balaban J connectivity index is 1.71. The van der Waals surface area contributed by atoms with Gasteiger partial charge < -0.3 is 4.90 Å². The number of hydrogen-bond donors (Lipinski definition) is 0. The highest BCUT2D eigenvalue weighted by Crippen LogP contribution is 2.21. The second-order valence-electron chi connectivity index (χ2n) is 5.02. The predicted molar refractivity (Wildman–Crippen MR) is 89.3 cm³/mol. The lowest BCUT2D eigenvalue weighted by Gasteiger charge is -2.17. The molecule has 2 aromatic carbocycles. The van der Waals surface area contributed by atoms with Gasteiger partial charge in [-0.15, -0.1) is 0 Å². The summed E-state index contributed by atoms with van der Waals surface area (Å²) < 4.78 is 1.05. The lowest BCUT2D eigenvalue weighted by atomic mass is 10.2. The summed E-state index contributed by atoms with van der Waals surface area (Å²) in [5.74, 6) is 0. The molecule has 1 aliphatic rings. The van der Waals surface area contributed by atoms with Crippen LogP contribution in [-0.2, 0) is 0 Å². The van der Waals surface area contributed by atoms with E-state index in [9.17, 15) is 0 Å². The molecule has 3 heteroatoms. The van der Waals surface area contributed by atoms with Gasteiger partial charge in [0, 0.05) is 29.5 Å². The lowest BCUT2D eigenvalue weighted by Crippen LogP contribution is -2.17. The molecule has 3 rings (SSSR count). The van der Waals surface area contributed by atoms with Crippen molar-refractivity contribution >= 4 is 33.5 Å². The summed E-state index contributed by atoms with van der Waals surface area (Å²) in [6, 6.07) is 16.7. The number of halogens is 1. The first-order chi connectivity index (χ1) is 9.81. The topological polar surface area (TPSA) is 15.6 Å². The predicted octanol–water partition coefficient (Wildman–Crippen LogP) is 4.80. The highest BCUT2D eigenvalue weighted by molar-refractivity contribution is 9.10. The van der Waals surface area contributed by atoms with Crippen molar-refractivity contribution in [1.29, 1.82) is 0 Å². The number of hydrogen-bond acceptors (Lipinski definition) is 2. The third-order valence-corrected chi connectivity index (χ3v) is 4.03. The largest absolute Gasteiger partial charge is 0.372 e. The molecule has 20 heavy (non-hydrogen) atoms. The van der Waals surface area contributed by atoms with Crippen LogP contribution in [0.15, 0.2) is 58.0 Å². The fourth-order valence-electron chi connectivity index (χ4n) is 2.45. The maximum atomic E-state index is 4.50. The summed E-state index contributed by atoms with van der Waals surface area (Å²) in [6.45, 7) is 2.37. The minimum Gasteiger partial charge on any atom is -0.372 e. The van der Waals surface area contributed by atoms with Crippen molar-refractivity contribution in [1.82, 2.24) is 0 Å². The molecule has 0 amide bonds. The summed E-state index contributed by atoms with van der Waals surface area (Å²) in [5.41, 5.74) is 3.41. The molecule has 0 bridgehead atoms. The van der Waals surface area contributed by atoms with Crippen molar-refractivity contribution in [2.45, 2.75) is 12.8 Å². The summed E-state index contributed by atoms with van der Waals surface area (Å²) in [5, 5.41) is 0. The summed E-state index contributed by atoms with van der Waals surface area (Å²) in [6.07, 6.45) is 4.54. The molecule has 1 saturated heterocycles. The lowest BCUT2D eigenvalue weighted by molar-refractivity contribution is 0.949. The Morgan fingerprint density at radius 1 is 1.00 bits per heavy atom. The van der Waals surface area contributed by atoms with Gasteiger partial charge in [0.1, 0.15) is 0 Å². The van der Waals surface area contributed by atoms with E-state index in [4.69, 9.17) is 0 Å². The van der Waals surface area contributed by atoms with Crippen LogP contribution >= 0.6 is 15.9 Å². The van der Waals surface area contributed by atoms with Gasteiger partial charge in [-0.1, -0.05) is 34.1 Å². The molecule has 0 radical (unpaired) electrons. The average Bonchev–Trinajstić information content (AvgIpc) is 3.00. The van der Waals surface area contributed by atoms with E-state index in [1.807, 2.05) is 30.5 Å². The van der Waals surface area contributed by atoms with Crippen molar-refractivity contribution < 1.29 is 0 Å². The molecule has 1 aliphatic heterocycles. The zero-order valence-corrected chi connectivity index (χ0v) is 12.9. The van der Waals surface area contributed by atoms with E-state index in [0.717, 1.165) is 15.7 Å². The first kappa shape index (κ1) is 13.4. The quantitative estimate of drug-likeness (QED) is 0.739. The summed E-state index contributed by atoms with van der Waals surface area (Å²) in [4.78, 5) is 6.94. The third-order valence-electron chi connectivity index (χ3n) is 3.54. The Hall–Kier alpha value is -1.61. The first-order valence-electron chi connectivity index (χ1n) is 6.96. The second kappa shape index (κ2) is 6.23. The van der Waals surface area contributed by atoms with Gasteiger partial charge in [0.15, 0.2) is 0 Å². The van der Waals surface area contributed by atoms with Crippen LogP contribution in [0.4, 0.5) is 11.4 Å². The van der Waals surface area contributed by atoms with Gasteiger partial charge in [0.25, 0.3) is 0 Å². The van der Waals surface area contributed by atoms with E-state index in [1.54, 1.807) is 0 Å². The van der Waals surface area contributed by atoms with Gasteiger partial charge in [0.2, 0.25) is 0 Å². The van der Waals surface area contributed by atoms with Crippen molar-refractivity contribution in [3.8, 4) is 0 Å². The van der Waals surface area contributed by atoms with Crippen LogP contribution in [-0.4, -0.2) is 19.3 Å². The van der Waals surface area contributed by atoms with E-state index in [0.29, 0.717) is 0 Å². The Labute approximate surface area is 128 Å². The molecule has 102 valence electrons. The van der Waals surface area contributed by atoms with Gasteiger partial charge >= 0.3 is 0 Å². The second-order valence-corrected chi connectivity index (χ2v) is 5.94. The van der Waals surface area contributed by atoms with Crippen LogP contribution < -0.4 is 4.90 Å². The maximum absolute atomic E-state index is 4.50. The van der Waals surface area contributed by atoms with E-state index in [1.165, 1.54) is 31.6 Å². The molecule has 2 nitrogen and oxygen atoms in total. The Morgan fingerprint density at radius 2 is 1.75 bits per heavy atom. The van der Waals surface area contributed by atoms with Crippen LogP contribution in [0.5, 0.6) is 0 Å². The van der Waals surface area contributed by atoms with Crippen molar-refractivity contribution in [3.05, 3.63) is 58.6 Å². The van der Waals surface area contributed by atoms with Crippen LogP contribution in [0.3, 0.4) is 0 Å². The molecular formula is C17H17BrN2. The van der Waals surface area contributed by atoms with Crippen LogP contribution in [0, 0.1) is 0 Å². The number of rotatable bonds is 3. The standard InChI is InChI=1S/C17H17BrN2/c18-15-4-3-5-16(12-15)19-13-14-6-8-17(9-7-14)20-10-1-2-11-20/h3-9,12-13H,1-2,10-11H2. The highest BCUT2D eigenvalue weighted by atomic mass is 79.9. The van der Waals surface area contributed by atoms with Crippen molar-refractivity contribution in [2.75, 3.05) is 18.0 Å². The van der Waals surface area contributed by atoms with Crippen molar-refractivity contribution in [2.24, 2.45) is 4.99 Å². The molecule has 0 unspecified atom stereocenters. The Bertz CT molecular complexity index is 599. The van der Waals surface area contributed by atoms with E-state index >= 15 is 0 Å². The molecule has 0 saturated carbocycles. The molecule has 0 atom stereocenters. The number of aliphatic imine (C=N–C) groups is 1. The Morgan fingerprint density at radius 3 is 2.45 bits per heavy atom. The monoisotopic (exact) mass is 328 g/mol. The molecule has 2 aromatic rings. The van der Waals surface area contributed by atoms with Gasteiger partial charge in [-0.05, 0) is 48.7 Å². The van der Waals surface area contributed by atoms with Gasteiger partial charge in [-0.25, -0.2) is 0 Å².